The Labute approximate surface area is 183 Å². The third-order valence-electron chi connectivity index (χ3n) is 6.39. The number of anilines is 1. The van der Waals surface area contributed by atoms with Gasteiger partial charge in [-0.25, -0.2) is 0 Å². The van der Waals surface area contributed by atoms with Crippen molar-refractivity contribution in [1.82, 2.24) is 0 Å². The third-order valence-corrected chi connectivity index (χ3v) is 6.39. The Morgan fingerprint density at radius 1 is 1.23 bits per heavy atom. The molecule has 3 rings (SSSR count). The zero-order valence-corrected chi connectivity index (χ0v) is 19.4. The van der Waals surface area contributed by atoms with Crippen LogP contribution in [0.15, 0.2) is 29.9 Å². The molecule has 1 N–H and O–H groups in total. The van der Waals surface area contributed by atoms with Gasteiger partial charge >= 0.3 is 0 Å². The largest absolute Gasteiger partial charge is 0.483 e. The standard InChI is InChI=1S/C27H39NO2/c1-5-6-7-12-21-18-24(28-26(29)22-13-8-9-14-22)23-15-17-27(4,30-25(23)19-21)16-10-11-20(2)3/h11,15,17-19,22H,5-10,12-14,16H2,1-4H3,(H,28,29). The molecule has 1 unspecified atom stereocenters. The van der Waals surface area contributed by atoms with Crippen LogP contribution in [0.3, 0.4) is 0 Å². The fraction of sp³-hybridized carbons (Fsp3) is 0.593. The van der Waals surface area contributed by atoms with Crippen molar-refractivity contribution in [2.75, 3.05) is 5.32 Å². The molecule has 0 saturated heterocycles. The molecule has 30 heavy (non-hydrogen) atoms. The lowest BCUT2D eigenvalue weighted by atomic mass is 9.92. The molecule has 1 atom stereocenters. The molecule has 1 aliphatic carbocycles. The second-order valence-electron chi connectivity index (χ2n) is 9.55. The van der Waals surface area contributed by atoms with Gasteiger partial charge in [0.2, 0.25) is 5.91 Å². The van der Waals surface area contributed by atoms with E-state index in [1.54, 1.807) is 0 Å². The Morgan fingerprint density at radius 3 is 2.70 bits per heavy atom. The molecule has 0 bridgehead atoms. The summed E-state index contributed by atoms with van der Waals surface area (Å²) in [4.78, 5) is 12.8. The van der Waals surface area contributed by atoms with Crippen LogP contribution in [0, 0.1) is 5.92 Å². The van der Waals surface area contributed by atoms with Crippen molar-refractivity contribution >= 4 is 17.7 Å². The number of carbonyl (C=O) groups excluding carboxylic acids is 1. The lowest BCUT2D eigenvalue weighted by Crippen LogP contribution is -2.32. The maximum atomic E-state index is 12.8. The predicted octanol–water partition coefficient (Wildman–Crippen LogP) is 7.46. The normalized spacial score (nSPS) is 20.5. The summed E-state index contributed by atoms with van der Waals surface area (Å²) in [6.07, 6.45) is 17.5. The van der Waals surface area contributed by atoms with Gasteiger partial charge in [-0.2, -0.15) is 0 Å². The lowest BCUT2D eigenvalue weighted by molar-refractivity contribution is -0.119. The van der Waals surface area contributed by atoms with E-state index in [1.807, 2.05) is 0 Å². The first-order chi connectivity index (χ1) is 14.4. The van der Waals surface area contributed by atoms with Gasteiger partial charge in [0.1, 0.15) is 11.4 Å². The maximum absolute atomic E-state index is 12.8. The van der Waals surface area contributed by atoms with Crippen molar-refractivity contribution < 1.29 is 9.53 Å². The molecular weight excluding hydrogens is 370 g/mol. The fourth-order valence-electron chi connectivity index (χ4n) is 4.52. The Kier molecular flexibility index (Phi) is 7.80. The van der Waals surface area contributed by atoms with Crippen molar-refractivity contribution in [3.05, 3.63) is 41.0 Å². The molecule has 1 aromatic carbocycles. The van der Waals surface area contributed by atoms with Crippen molar-refractivity contribution in [1.29, 1.82) is 0 Å². The number of benzene rings is 1. The molecular formula is C27H39NO2. The van der Waals surface area contributed by atoms with E-state index in [2.05, 4.69) is 63.4 Å². The highest BCUT2D eigenvalue weighted by Gasteiger charge is 2.29. The lowest BCUT2D eigenvalue weighted by Gasteiger charge is -2.33. The number of hydrogen-bond acceptors (Lipinski definition) is 2. The van der Waals surface area contributed by atoms with E-state index in [0.717, 1.165) is 49.1 Å². The number of fused-ring (bicyclic) bond motifs is 1. The van der Waals surface area contributed by atoms with Crippen LogP contribution >= 0.6 is 0 Å². The zero-order valence-electron chi connectivity index (χ0n) is 19.4. The summed E-state index contributed by atoms with van der Waals surface area (Å²) in [5.74, 6) is 1.24. The summed E-state index contributed by atoms with van der Waals surface area (Å²) in [7, 11) is 0. The monoisotopic (exact) mass is 409 g/mol. The average molecular weight is 410 g/mol. The molecule has 164 valence electrons. The van der Waals surface area contributed by atoms with Gasteiger partial charge in [-0.3, -0.25) is 4.79 Å². The number of allylic oxidation sites excluding steroid dienone is 2. The van der Waals surface area contributed by atoms with Gasteiger partial charge < -0.3 is 10.1 Å². The summed E-state index contributed by atoms with van der Waals surface area (Å²) < 4.78 is 6.53. The van der Waals surface area contributed by atoms with Crippen LogP contribution in [-0.4, -0.2) is 11.5 Å². The number of aryl methyl sites for hydroxylation is 1. The van der Waals surface area contributed by atoms with E-state index in [9.17, 15) is 4.79 Å². The number of carbonyl (C=O) groups is 1. The van der Waals surface area contributed by atoms with Gasteiger partial charge in [-0.15, -0.1) is 0 Å². The third kappa shape index (κ3) is 6.00. The molecule has 1 aliphatic heterocycles. The molecule has 1 fully saturated rings. The van der Waals surface area contributed by atoms with E-state index in [4.69, 9.17) is 4.74 Å². The summed E-state index contributed by atoms with van der Waals surface area (Å²) in [5.41, 5.74) is 4.21. The van der Waals surface area contributed by atoms with Crippen LogP contribution in [0.25, 0.3) is 6.08 Å². The van der Waals surface area contributed by atoms with Gasteiger partial charge in [-0.05, 0) is 89.1 Å². The first kappa shape index (κ1) is 22.7. The van der Waals surface area contributed by atoms with E-state index in [1.165, 1.54) is 43.2 Å². The fourth-order valence-corrected chi connectivity index (χ4v) is 4.52. The Hall–Kier alpha value is -2.03. The zero-order chi connectivity index (χ0) is 21.6. The number of ether oxygens (including phenoxy) is 1. The van der Waals surface area contributed by atoms with E-state index in [-0.39, 0.29) is 17.4 Å². The molecule has 0 radical (unpaired) electrons. The SMILES string of the molecule is CCCCCc1cc(NC(=O)C2CCCC2)c2c(c1)OC(C)(CCC=C(C)C)C=C2. The maximum Gasteiger partial charge on any atom is 0.227 e. The Balaban J connectivity index is 1.83. The van der Waals surface area contributed by atoms with E-state index >= 15 is 0 Å². The van der Waals surface area contributed by atoms with Crippen molar-refractivity contribution in [2.24, 2.45) is 5.92 Å². The molecule has 1 aromatic rings. The Bertz CT molecular complexity index is 797. The molecule has 1 amide bonds. The highest BCUT2D eigenvalue weighted by molar-refractivity contribution is 5.95. The second-order valence-corrected chi connectivity index (χ2v) is 9.55. The minimum atomic E-state index is -0.312. The van der Waals surface area contributed by atoms with Crippen LogP contribution in [0.2, 0.25) is 0 Å². The number of hydrogen-bond donors (Lipinski definition) is 1. The van der Waals surface area contributed by atoms with Crippen molar-refractivity contribution in [3.63, 3.8) is 0 Å². The quantitative estimate of drug-likeness (QED) is 0.339. The first-order valence-electron chi connectivity index (χ1n) is 11.9. The minimum Gasteiger partial charge on any atom is -0.483 e. The van der Waals surface area contributed by atoms with Crippen molar-refractivity contribution in [3.8, 4) is 5.75 Å². The van der Waals surface area contributed by atoms with Crippen LogP contribution in [0.1, 0.15) is 96.6 Å². The molecule has 3 nitrogen and oxygen atoms in total. The van der Waals surface area contributed by atoms with Crippen LogP contribution in [-0.2, 0) is 11.2 Å². The summed E-state index contributed by atoms with van der Waals surface area (Å²) >= 11 is 0. The van der Waals surface area contributed by atoms with Crippen LogP contribution in [0.4, 0.5) is 5.69 Å². The number of amides is 1. The summed E-state index contributed by atoms with van der Waals surface area (Å²) in [6, 6.07) is 4.36. The van der Waals surface area contributed by atoms with Gasteiger partial charge in [0.15, 0.2) is 0 Å². The van der Waals surface area contributed by atoms with Gasteiger partial charge in [0.05, 0.1) is 5.69 Å². The van der Waals surface area contributed by atoms with E-state index < -0.39 is 0 Å². The van der Waals surface area contributed by atoms with Crippen LogP contribution in [0.5, 0.6) is 5.75 Å². The number of nitrogens with one attached hydrogen (secondary N) is 1. The van der Waals surface area contributed by atoms with Crippen molar-refractivity contribution in [2.45, 2.75) is 97.5 Å². The highest BCUT2D eigenvalue weighted by atomic mass is 16.5. The summed E-state index contributed by atoms with van der Waals surface area (Å²) in [5, 5.41) is 3.25. The summed E-state index contributed by atoms with van der Waals surface area (Å²) in [6.45, 7) is 8.66. The molecule has 1 saturated carbocycles. The molecule has 0 aromatic heterocycles. The van der Waals surface area contributed by atoms with Gasteiger partial charge in [-0.1, -0.05) is 44.3 Å². The van der Waals surface area contributed by atoms with Crippen LogP contribution < -0.4 is 10.1 Å². The van der Waals surface area contributed by atoms with E-state index in [0.29, 0.717) is 0 Å². The molecule has 2 aliphatic rings. The molecule has 0 spiro atoms. The number of unbranched alkanes of at least 4 members (excludes halogenated alkanes) is 2. The number of rotatable bonds is 9. The average Bonchev–Trinajstić information content (AvgIpc) is 3.22. The first-order valence-corrected chi connectivity index (χ1v) is 11.9. The minimum absolute atomic E-state index is 0.159. The topological polar surface area (TPSA) is 38.3 Å². The highest BCUT2D eigenvalue weighted by Crippen LogP contribution is 2.39. The Morgan fingerprint density at radius 2 is 2.00 bits per heavy atom. The molecule has 3 heteroatoms. The van der Waals surface area contributed by atoms with Gasteiger partial charge in [0.25, 0.3) is 0 Å². The molecule has 1 heterocycles. The van der Waals surface area contributed by atoms with Gasteiger partial charge in [0, 0.05) is 11.5 Å². The predicted molar refractivity (Wildman–Crippen MR) is 127 cm³/mol. The smallest absolute Gasteiger partial charge is 0.227 e. The second kappa shape index (κ2) is 10.3.